The number of amides is 1. The molecule has 2 bridgehead atoms. The summed E-state index contributed by atoms with van der Waals surface area (Å²) in [6, 6.07) is 6.84. The predicted molar refractivity (Wildman–Crippen MR) is 100 cm³/mol. The number of rotatable bonds is 3. The fourth-order valence-electron chi connectivity index (χ4n) is 4.49. The predicted octanol–water partition coefficient (Wildman–Crippen LogP) is 3.46. The summed E-state index contributed by atoms with van der Waals surface area (Å²) in [6.07, 6.45) is 8.44. The number of hydrogen-bond donors (Lipinski definition) is 0. The Bertz CT molecular complexity index is 936. The standard InChI is InChI=1S/C19H21N5OS/c1-2-18-22-16-6-3-12(9-17(16)26-18)19(25)23-13-4-5-14(23)11-15(10-13)24-20-7-8-21-24/h3,6-9,13-15H,2,4-5,10-11H2,1H3. The Kier molecular flexibility index (Phi) is 3.77. The van der Waals surface area contributed by atoms with Crippen LogP contribution >= 0.6 is 11.3 Å². The van der Waals surface area contributed by atoms with Gasteiger partial charge in [0.15, 0.2) is 0 Å². The molecule has 2 unspecified atom stereocenters. The molecule has 2 aliphatic heterocycles. The second kappa shape index (κ2) is 6.16. The minimum absolute atomic E-state index is 0.165. The van der Waals surface area contributed by atoms with E-state index in [0.717, 1.165) is 52.9 Å². The van der Waals surface area contributed by atoms with E-state index < -0.39 is 0 Å². The smallest absolute Gasteiger partial charge is 0.254 e. The van der Waals surface area contributed by atoms with Gasteiger partial charge in [-0.05, 0) is 50.3 Å². The molecule has 4 heterocycles. The first kappa shape index (κ1) is 15.9. The van der Waals surface area contributed by atoms with Gasteiger partial charge in [-0.25, -0.2) is 4.98 Å². The fourth-order valence-corrected chi connectivity index (χ4v) is 5.44. The van der Waals surface area contributed by atoms with Gasteiger partial charge < -0.3 is 4.90 Å². The number of aryl methyl sites for hydroxylation is 1. The van der Waals surface area contributed by atoms with Gasteiger partial charge in [0.05, 0.1) is 33.7 Å². The number of carbonyl (C=O) groups is 1. The lowest BCUT2D eigenvalue weighted by Gasteiger charge is -2.38. The largest absolute Gasteiger partial charge is 0.333 e. The van der Waals surface area contributed by atoms with E-state index >= 15 is 0 Å². The van der Waals surface area contributed by atoms with Crippen molar-refractivity contribution in [3.8, 4) is 0 Å². The molecule has 2 atom stereocenters. The summed E-state index contributed by atoms with van der Waals surface area (Å²) >= 11 is 1.69. The molecule has 7 heteroatoms. The van der Waals surface area contributed by atoms with Crippen molar-refractivity contribution in [2.45, 2.75) is 57.2 Å². The zero-order valence-corrected chi connectivity index (χ0v) is 15.5. The van der Waals surface area contributed by atoms with Crippen molar-refractivity contribution in [3.05, 3.63) is 41.2 Å². The molecular formula is C19H21N5OS. The molecule has 3 aromatic rings. The molecule has 0 aliphatic carbocycles. The van der Waals surface area contributed by atoms with Crippen LogP contribution in [-0.4, -0.2) is 42.9 Å². The van der Waals surface area contributed by atoms with Crippen molar-refractivity contribution in [3.63, 3.8) is 0 Å². The third-order valence-corrected chi connectivity index (χ3v) is 6.85. The molecule has 1 aromatic carbocycles. The molecule has 134 valence electrons. The van der Waals surface area contributed by atoms with Crippen LogP contribution in [0.1, 0.15) is 54.0 Å². The molecule has 0 spiro atoms. The molecule has 1 amide bonds. The van der Waals surface area contributed by atoms with Crippen LogP contribution in [-0.2, 0) is 6.42 Å². The summed E-state index contributed by atoms with van der Waals surface area (Å²) in [5, 5.41) is 9.73. The van der Waals surface area contributed by atoms with Crippen molar-refractivity contribution in [2.24, 2.45) is 0 Å². The molecule has 26 heavy (non-hydrogen) atoms. The minimum Gasteiger partial charge on any atom is -0.333 e. The third-order valence-electron chi connectivity index (χ3n) is 5.69. The summed E-state index contributed by atoms with van der Waals surface area (Å²) in [6.45, 7) is 2.11. The van der Waals surface area contributed by atoms with Gasteiger partial charge in [-0.15, -0.1) is 11.3 Å². The van der Waals surface area contributed by atoms with Gasteiger partial charge in [0, 0.05) is 17.6 Å². The van der Waals surface area contributed by atoms with Crippen molar-refractivity contribution in [2.75, 3.05) is 0 Å². The molecule has 2 saturated heterocycles. The van der Waals surface area contributed by atoms with Crippen LogP contribution in [0, 0.1) is 0 Å². The van der Waals surface area contributed by atoms with Gasteiger partial charge >= 0.3 is 0 Å². The van der Waals surface area contributed by atoms with Gasteiger partial charge in [0.1, 0.15) is 0 Å². The number of benzene rings is 1. The maximum absolute atomic E-state index is 13.2. The quantitative estimate of drug-likeness (QED) is 0.711. The molecule has 0 radical (unpaired) electrons. The topological polar surface area (TPSA) is 63.9 Å². The molecule has 2 aromatic heterocycles. The molecule has 0 saturated carbocycles. The lowest BCUT2D eigenvalue weighted by molar-refractivity contribution is 0.0512. The van der Waals surface area contributed by atoms with Crippen LogP contribution in [0.5, 0.6) is 0 Å². The van der Waals surface area contributed by atoms with Crippen molar-refractivity contribution < 1.29 is 4.79 Å². The Morgan fingerprint density at radius 3 is 2.58 bits per heavy atom. The number of thiazole rings is 1. The van der Waals surface area contributed by atoms with Crippen molar-refractivity contribution in [1.82, 2.24) is 24.9 Å². The lowest BCUT2D eigenvalue weighted by Crippen LogP contribution is -2.47. The maximum atomic E-state index is 13.2. The number of fused-ring (bicyclic) bond motifs is 3. The van der Waals surface area contributed by atoms with Gasteiger partial charge in [-0.3, -0.25) is 4.79 Å². The van der Waals surface area contributed by atoms with E-state index in [9.17, 15) is 4.79 Å². The van der Waals surface area contributed by atoms with Crippen LogP contribution < -0.4 is 0 Å². The Labute approximate surface area is 155 Å². The molecule has 6 nitrogen and oxygen atoms in total. The van der Waals surface area contributed by atoms with E-state index in [1.807, 2.05) is 23.0 Å². The second-order valence-corrected chi connectivity index (χ2v) is 8.33. The van der Waals surface area contributed by atoms with E-state index in [1.165, 1.54) is 0 Å². The van der Waals surface area contributed by atoms with E-state index in [2.05, 4.69) is 27.0 Å². The minimum atomic E-state index is 0.165. The van der Waals surface area contributed by atoms with Crippen LogP contribution in [0.4, 0.5) is 0 Å². The number of piperidine rings is 1. The van der Waals surface area contributed by atoms with Crippen LogP contribution in [0.3, 0.4) is 0 Å². The molecule has 2 aliphatic rings. The number of hydrogen-bond acceptors (Lipinski definition) is 5. The monoisotopic (exact) mass is 367 g/mol. The summed E-state index contributed by atoms with van der Waals surface area (Å²) < 4.78 is 1.11. The fraction of sp³-hybridized carbons (Fsp3) is 0.474. The highest BCUT2D eigenvalue weighted by Crippen LogP contribution is 2.41. The van der Waals surface area contributed by atoms with Crippen molar-refractivity contribution >= 4 is 27.5 Å². The average Bonchev–Trinajstić information content (AvgIpc) is 3.38. The average molecular weight is 367 g/mol. The number of carbonyl (C=O) groups excluding carboxylic acids is 1. The molecule has 5 rings (SSSR count). The highest BCUT2D eigenvalue weighted by molar-refractivity contribution is 7.18. The first-order valence-electron chi connectivity index (χ1n) is 9.31. The third kappa shape index (κ3) is 2.53. The molecule has 0 N–H and O–H groups in total. The Hall–Kier alpha value is -2.28. The summed E-state index contributed by atoms with van der Waals surface area (Å²) in [5.74, 6) is 0.165. The maximum Gasteiger partial charge on any atom is 0.254 e. The summed E-state index contributed by atoms with van der Waals surface area (Å²) in [5.41, 5.74) is 1.78. The van der Waals surface area contributed by atoms with Gasteiger partial charge in [0.25, 0.3) is 5.91 Å². The van der Waals surface area contributed by atoms with Gasteiger partial charge in [-0.1, -0.05) is 6.92 Å². The Balaban J connectivity index is 1.41. The molecule has 2 fully saturated rings. The van der Waals surface area contributed by atoms with Gasteiger partial charge in [0.2, 0.25) is 0 Å². The van der Waals surface area contributed by atoms with E-state index in [1.54, 1.807) is 23.7 Å². The first-order chi connectivity index (χ1) is 12.7. The lowest BCUT2D eigenvalue weighted by atomic mass is 9.96. The number of aromatic nitrogens is 4. The van der Waals surface area contributed by atoms with E-state index in [-0.39, 0.29) is 5.91 Å². The van der Waals surface area contributed by atoms with Gasteiger partial charge in [-0.2, -0.15) is 15.0 Å². The summed E-state index contributed by atoms with van der Waals surface area (Å²) in [7, 11) is 0. The number of nitrogens with zero attached hydrogens (tertiary/aromatic N) is 5. The van der Waals surface area contributed by atoms with Crippen LogP contribution in [0.15, 0.2) is 30.6 Å². The van der Waals surface area contributed by atoms with E-state index in [0.29, 0.717) is 18.1 Å². The zero-order chi connectivity index (χ0) is 17.7. The second-order valence-electron chi connectivity index (χ2n) is 7.22. The van der Waals surface area contributed by atoms with Crippen LogP contribution in [0.25, 0.3) is 10.2 Å². The highest BCUT2D eigenvalue weighted by Gasteiger charge is 2.44. The Morgan fingerprint density at radius 2 is 1.88 bits per heavy atom. The SMILES string of the molecule is CCc1nc2ccc(C(=O)N3C4CCC3CC(n3nccn3)C4)cc2s1. The zero-order valence-electron chi connectivity index (χ0n) is 14.7. The molecular weight excluding hydrogens is 346 g/mol. The van der Waals surface area contributed by atoms with Crippen LogP contribution in [0.2, 0.25) is 0 Å². The summed E-state index contributed by atoms with van der Waals surface area (Å²) in [4.78, 5) is 21.8. The van der Waals surface area contributed by atoms with Crippen molar-refractivity contribution in [1.29, 1.82) is 0 Å². The first-order valence-corrected chi connectivity index (χ1v) is 10.1. The highest BCUT2D eigenvalue weighted by atomic mass is 32.1. The Morgan fingerprint density at radius 1 is 1.15 bits per heavy atom. The normalized spacial score (nSPS) is 25.1. The van der Waals surface area contributed by atoms with E-state index in [4.69, 9.17) is 0 Å².